The van der Waals surface area contributed by atoms with E-state index in [2.05, 4.69) is 15.3 Å². The van der Waals surface area contributed by atoms with Crippen molar-refractivity contribution in [3.8, 4) is 11.3 Å². The minimum Gasteiger partial charge on any atom is -0.298 e. The van der Waals surface area contributed by atoms with Crippen molar-refractivity contribution in [1.29, 1.82) is 0 Å². The Bertz CT molecular complexity index is 1000. The molecule has 1 N–H and O–H groups in total. The lowest BCUT2D eigenvalue weighted by molar-refractivity contribution is 0.102. The summed E-state index contributed by atoms with van der Waals surface area (Å²) in [7, 11) is 0. The molecular weight excluding hydrogens is 400 g/mol. The lowest BCUT2D eigenvalue weighted by atomic mass is 10.2. The highest BCUT2D eigenvalue weighted by molar-refractivity contribution is 7.99. The Morgan fingerprint density at radius 1 is 1.18 bits per heavy atom. The first-order valence-corrected chi connectivity index (χ1v) is 10.7. The number of benzene rings is 1. The number of amides is 1. The van der Waals surface area contributed by atoms with Crippen LogP contribution in [0.1, 0.15) is 36.0 Å². The molecule has 1 amide bonds. The fourth-order valence-corrected chi connectivity index (χ4v) is 5.11. The molecule has 1 saturated carbocycles. The number of hydrogen-bond acceptors (Lipinski definition) is 5. The van der Waals surface area contributed by atoms with Crippen molar-refractivity contribution in [2.75, 3.05) is 5.32 Å². The molecule has 4 rings (SSSR count). The molecule has 0 aliphatic heterocycles. The number of aromatic nitrogens is 2. The minimum absolute atomic E-state index is 0.278. The maximum absolute atomic E-state index is 13.4. The molecule has 1 aromatic carbocycles. The predicted octanol–water partition coefficient (Wildman–Crippen LogP) is 5.77. The molecule has 0 radical (unpaired) electrons. The van der Waals surface area contributed by atoms with Gasteiger partial charge in [-0.1, -0.05) is 12.8 Å². The summed E-state index contributed by atoms with van der Waals surface area (Å²) in [6.07, 6.45) is 6.42. The standard InChI is InChI=1S/C20H17F2N3OS2/c21-15-8-7-12(10-16(15)22)17-11-27-20(24-17)25-18(26)14-6-3-9-23-19(14)28-13-4-1-2-5-13/h3,6-11,13H,1-2,4-5H2,(H,24,25,26). The number of hydrogen-bond donors (Lipinski definition) is 1. The summed E-state index contributed by atoms with van der Waals surface area (Å²) < 4.78 is 26.5. The van der Waals surface area contributed by atoms with Crippen LogP contribution in [0.15, 0.2) is 46.9 Å². The molecule has 1 aliphatic carbocycles. The summed E-state index contributed by atoms with van der Waals surface area (Å²) in [6.45, 7) is 0. The highest BCUT2D eigenvalue weighted by Crippen LogP contribution is 2.35. The van der Waals surface area contributed by atoms with E-state index >= 15 is 0 Å². The highest BCUT2D eigenvalue weighted by atomic mass is 32.2. The lowest BCUT2D eigenvalue weighted by Gasteiger charge is -2.11. The molecular formula is C20H17F2N3OS2. The number of thiazole rings is 1. The number of anilines is 1. The first-order valence-electron chi connectivity index (χ1n) is 8.94. The number of nitrogens with zero attached hydrogens (tertiary/aromatic N) is 2. The number of thioether (sulfide) groups is 1. The molecule has 0 bridgehead atoms. The summed E-state index contributed by atoms with van der Waals surface area (Å²) >= 11 is 2.89. The van der Waals surface area contributed by atoms with Crippen LogP contribution in [0.3, 0.4) is 0 Å². The molecule has 144 valence electrons. The summed E-state index contributed by atoms with van der Waals surface area (Å²) in [6, 6.07) is 7.10. The Balaban J connectivity index is 1.50. The highest BCUT2D eigenvalue weighted by Gasteiger charge is 2.21. The number of rotatable bonds is 5. The van der Waals surface area contributed by atoms with E-state index in [0.717, 1.165) is 30.0 Å². The Morgan fingerprint density at radius 2 is 2.00 bits per heavy atom. The topological polar surface area (TPSA) is 54.9 Å². The van der Waals surface area contributed by atoms with E-state index in [4.69, 9.17) is 0 Å². The molecule has 0 unspecified atom stereocenters. The van der Waals surface area contributed by atoms with Gasteiger partial charge in [-0.3, -0.25) is 10.1 Å². The Hall–Kier alpha value is -2.32. The van der Waals surface area contributed by atoms with Crippen LogP contribution in [0.5, 0.6) is 0 Å². The summed E-state index contributed by atoms with van der Waals surface area (Å²) in [4.78, 5) is 21.4. The number of nitrogens with one attached hydrogen (secondary N) is 1. The third kappa shape index (κ3) is 4.23. The van der Waals surface area contributed by atoms with Crippen LogP contribution < -0.4 is 5.32 Å². The van der Waals surface area contributed by atoms with Gasteiger partial charge in [0.2, 0.25) is 0 Å². The zero-order valence-electron chi connectivity index (χ0n) is 14.8. The SMILES string of the molecule is O=C(Nc1nc(-c2ccc(F)c(F)c2)cs1)c1cccnc1SC1CCCC1. The largest absolute Gasteiger partial charge is 0.298 e. The molecule has 28 heavy (non-hydrogen) atoms. The maximum Gasteiger partial charge on any atom is 0.260 e. The third-order valence-electron chi connectivity index (χ3n) is 4.54. The van der Waals surface area contributed by atoms with Crippen molar-refractivity contribution < 1.29 is 13.6 Å². The average molecular weight is 418 g/mol. The van der Waals surface area contributed by atoms with Crippen LogP contribution in [0.2, 0.25) is 0 Å². The first-order chi connectivity index (χ1) is 13.6. The number of halogens is 2. The van der Waals surface area contributed by atoms with E-state index < -0.39 is 11.6 Å². The van der Waals surface area contributed by atoms with Gasteiger partial charge >= 0.3 is 0 Å². The van der Waals surface area contributed by atoms with E-state index in [9.17, 15) is 13.6 Å². The van der Waals surface area contributed by atoms with Crippen molar-refractivity contribution in [3.05, 3.63) is 59.1 Å². The van der Waals surface area contributed by atoms with Crippen LogP contribution >= 0.6 is 23.1 Å². The molecule has 2 heterocycles. The Kier molecular flexibility index (Phi) is 5.68. The van der Waals surface area contributed by atoms with Crippen molar-refractivity contribution in [1.82, 2.24) is 9.97 Å². The molecule has 1 fully saturated rings. The van der Waals surface area contributed by atoms with Gasteiger partial charge in [-0.05, 0) is 43.2 Å². The van der Waals surface area contributed by atoms with Gasteiger partial charge in [-0.25, -0.2) is 18.7 Å². The van der Waals surface area contributed by atoms with Crippen LogP contribution in [0, 0.1) is 11.6 Å². The van der Waals surface area contributed by atoms with Crippen LogP contribution in [-0.4, -0.2) is 21.1 Å². The quantitative estimate of drug-likeness (QED) is 0.573. The normalized spacial score (nSPS) is 14.4. The van der Waals surface area contributed by atoms with E-state index in [1.165, 1.54) is 30.2 Å². The summed E-state index contributed by atoms with van der Waals surface area (Å²) in [5.74, 6) is -2.11. The molecule has 8 heteroatoms. The van der Waals surface area contributed by atoms with Crippen molar-refractivity contribution in [2.45, 2.75) is 36.0 Å². The monoisotopic (exact) mass is 417 g/mol. The maximum atomic E-state index is 13.4. The van der Waals surface area contributed by atoms with Gasteiger partial charge in [-0.2, -0.15) is 0 Å². The van der Waals surface area contributed by atoms with Crippen molar-refractivity contribution in [2.24, 2.45) is 0 Å². The van der Waals surface area contributed by atoms with Gasteiger partial charge in [0.05, 0.1) is 11.3 Å². The van der Waals surface area contributed by atoms with Gasteiger partial charge < -0.3 is 0 Å². The molecule has 0 saturated heterocycles. The molecule has 1 aliphatic rings. The molecule has 2 aromatic heterocycles. The molecule has 0 spiro atoms. The number of carbonyl (C=O) groups excluding carboxylic acids is 1. The van der Waals surface area contributed by atoms with Crippen LogP contribution in [-0.2, 0) is 0 Å². The fraction of sp³-hybridized carbons (Fsp3) is 0.250. The average Bonchev–Trinajstić information content (AvgIpc) is 3.36. The van der Waals surface area contributed by atoms with Crippen LogP contribution in [0.4, 0.5) is 13.9 Å². The van der Waals surface area contributed by atoms with E-state index in [0.29, 0.717) is 27.2 Å². The van der Waals surface area contributed by atoms with Gasteiger partial charge in [0.1, 0.15) is 5.03 Å². The van der Waals surface area contributed by atoms with Gasteiger partial charge in [0.15, 0.2) is 16.8 Å². The Labute approximate surface area is 169 Å². The van der Waals surface area contributed by atoms with Gasteiger partial charge in [0.25, 0.3) is 5.91 Å². The second-order valence-electron chi connectivity index (χ2n) is 6.50. The zero-order valence-corrected chi connectivity index (χ0v) is 16.5. The second-order valence-corrected chi connectivity index (χ2v) is 8.65. The molecule has 0 atom stereocenters. The second kappa shape index (κ2) is 8.36. The molecule has 3 aromatic rings. The third-order valence-corrected chi connectivity index (χ3v) is 6.65. The molecule has 4 nitrogen and oxygen atoms in total. The van der Waals surface area contributed by atoms with E-state index in [1.807, 2.05) is 0 Å². The predicted molar refractivity (Wildman–Crippen MR) is 108 cm³/mol. The lowest BCUT2D eigenvalue weighted by Crippen LogP contribution is -2.14. The smallest absolute Gasteiger partial charge is 0.260 e. The zero-order chi connectivity index (χ0) is 19.5. The fourth-order valence-electron chi connectivity index (χ4n) is 3.11. The van der Waals surface area contributed by atoms with E-state index in [1.54, 1.807) is 35.5 Å². The summed E-state index contributed by atoms with van der Waals surface area (Å²) in [5, 5.41) is 6.10. The first kappa shape index (κ1) is 19.0. The Morgan fingerprint density at radius 3 is 2.79 bits per heavy atom. The van der Waals surface area contributed by atoms with E-state index in [-0.39, 0.29) is 5.91 Å². The van der Waals surface area contributed by atoms with Crippen LogP contribution in [0.25, 0.3) is 11.3 Å². The van der Waals surface area contributed by atoms with Crippen molar-refractivity contribution in [3.63, 3.8) is 0 Å². The van der Waals surface area contributed by atoms with Gasteiger partial charge in [0, 0.05) is 22.4 Å². The minimum atomic E-state index is -0.931. The number of carbonyl (C=O) groups is 1. The van der Waals surface area contributed by atoms with Crippen molar-refractivity contribution >= 4 is 34.1 Å². The number of pyridine rings is 1. The van der Waals surface area contributed by atoms with Gasteiger partial charge in [-0.15, -0.1) is 23.1 Å². The summed E-state index contributed by atoms with van der Waals surface area (Å²) in [5.41, 5.74) is 1.45.